The second-order valence-corrected chi connectivity index (χ2v) is 18.7. The maximum atomic E-state index is 13.8. The van der Waals surface area contributed by atoms with E-state index in [2.05, 4.69) is 36.9 Å². The summed E-state index contributed by atoms with van der Waals surface area (Å²) in [5, 5.41) is 7.70. The molecule has 0 unspecified atom stereocenters. The highest BCUT2D eigenvalue weighted by Crippen LogP contribution is 2.41. The molecule has 0 N–H and O–H groups in total. The molecule has 0 saturated heterocycles. The van der Waals surface area contributed by atoms with E-state index >= 15 is 0 Å². The second-order valence-electron chi connectivity index (χ2n) is 13.1. The Kier molecular flexibility index (Phi) is 11.2. The average molecular weight is 646 g/mol. The van der Waals surface area contributed by atoms with E-state index in [1.807, 2.05) is 0 Å². The lowest BCUT2D eigenvalue weighted by Gasteiger charge is -2.24. The Hall–Kier alpha value is -3.54. The monoisotopic (exact) mass is 645 g/mol. The summed E-state index contributed by atoms with van der Waals surface area (Å²) in [6, 6.07) is 10.4. The van der Waals surface area contributed by atoms with Gasteiger partial charge in [0.05, 0.1) is 36.6 Å². The largest absolute Gasteiger partial charge is 0.494 e. The zero-order valence-corrected chi connectivity index (χ0v) is 27.4. The van der Waals surface area contributed by atoms with Gasteiger partial charge in [0.1, 0.15) is 11.3 Å². The molecule has 1 aliphatic carbocycles. The number of rotatable bonds is 14. The van der Waals surface area contributed by atoms with Gasteiger partial charge in [0.15, 0.2) is 5.78 Å². The number of aromatic nitrogens is 3. The quantitative estimate of drug-likeness (QED) is 0.0793. The van der Waals surface area contributed by atoms with Crippen molar-refractivity contribution in [3.05, 3.63) is 63.9 Å². The third-order valence-corrected chi connectivity index (χ3v) is 10.1. The maximum Gasteiger partial charge on any atom is 0.416 e. The van der Waals surface area contributed by atoms with Gasteiger partial charge in [-0.25, -0.2) is 4.68 Å². The van der Waals surface area contributed by atoms with Crippen molar-refractivity contribution >= 4 is 30.7 Å². The fraction of sp³-hybridized carbons (Fsp3) is 0.545. The van der Waals surface area contributed by atoms with E-state index in [0.29, 0.717) is 30.8 Å². The van der Waals surface area contributed by atoms with Crippen molar-refractivity contribution in [3.8, 4) is 5.75 Å². The molecule has 0 spiro atoms. The molecule has 0 radical (unpaired) electrons. The van der Waals surface area contributed by atoms with E-state index < -0.39 is 49.1 Å². The minimum Gasteiger partial charge on any atom is -0.494 e. The minimum atomic E-state index is -4.63. The molecule has 1 fully saturated rings. The van der Waals surface area contributed by atoms with Crippen molar-refractivity contribution in [2.75, 3.05) is 13.2 Å². The molecule has 1 aromatic heterocycles. The SMILES string of the molecule is CCCCCCOc1ccc(C(=O)[C@H]2CC[C@@H](Cn3nnc4ccc(C(F)(F)F)cc4c3=O)[C@@H]2C(=O)OCC[Si](C)(C)C)cc1. The number of benzene rings is 2. The van der Waals surface area contributed by atoms with Crippen molar-refractivity contribution in [2.24, 2.45) is 17.8 Å². The maximum absolute atomic E-state index is 13.8. The van der Waals surface area contributed by atoms with Crippen molar-refractivity contribution in [1.29, 1.82) is 0 Å². The third-order valence-electron chi connectivity index (χ3n) is 8.36. The summed E-state index contributed by atoms with van der Waals surface area (Å²) in [5.74, 6) is -2.08. The fourth-order valence-electron chi connectivity index (χ4n) is 5.73. The normalized spacial score (nSPS) is 18.7. The van der Waals surface area contributed by atoms with Crippen LogP contribution in [-0.4, -0.2) is 48.0 Å². The lowest BCUT2D eigenvalue weighted by Crippen LogP contribution is -2.36. The van der Waals surface area contributed by atoms with Gasteiger partial charge in [-0.2, -0.15) is 13.2 Å². The van der Waals surface area contributed by atoms with Crippen LogP contribution in [0.5, 0.6) is 5.75 Å². The summed E-state index contributed by atoms with van der Waals surface area (Å²) in [5.41, 5.74) is -1.22. The highest BCUT2D eigenvalue weighted by atomic mass is 28.3. The van der Waals surface area contributed by atoms with Gasteiger partial charge in [-0.1, -0.05) is 51.0 Å². The smallest absolute Gasteiger partial charge is 0.416 e. The van der Waals surface area contributed by atoms with Gasteiger partial charge in [-0.3, -0.25) is 14.4 Å². The number of hydrogen-bond acceptors (Lipinski definition) is 7. The number of fused-ring (bicyclic) bond motifs is 1. The molecular formula is C33H42F3N3O5Si. The van der Waals surface area contributed by atoms with Crippen LogP contribution in [0, 0.1) is 17.8 Å². The molecule has 1 saturated carbocycles. The Morgan fingerprint density at radius 3 is 2.40 bits per heavy atom. The molecule has 1 heterocycles. The summed E-state index contributed by atoms with van der Waals surface area (Å²) in [6.07, 6.45) is 0.531. The van der Waals surface area contributed by atoms with Crippen molar-refractivity contribution in [3.63, 3.8) is 0 Å². The van der Waals surface area contributed by atoms with E-state index in [1.165, 1.54) is 0 Å². The average Bonchev–Trinajstić information content (AvgIpc) is 3.40. The molecule has 3 aromatic rings. The molecule has 1 aliphatic rings. The van der Waals surface area contributed by atoms with Gasteiger partial charge < -0.3 is 9.47 Å². The lowest BCUT2D eigenvalue weighted by atomic mass is 9.84. The van der Waals surface area contributed by atoms with Crippen molar-refractivity contribution in [2.45, 2.75) is 83.9 Å². The molecule has 0 amide bonds. The summed E-state index contributed by atoms with van der Waals surface area (Å²) < 4.78 is 52.5. The molecular weight excluding hydrogens is 603 g/mol. The van der Waals surface area contributed by atoms with Crippen LogP contribution >= 0.6 is 0 Å². The number of halogens is 3. The topological polar surface area (TPSA) is 100 Å². The Labute approximate surface area is 262 Å². The molecule has 0 bridgehead atoms. The second kappa shape index (κ2) is 14.7. The first-order chi connectivity index (χ1) is 21.3. The van der Waals surface area contributed by atoms with Crippen LogP contribution < -0.4 is 10.3 Å². The number of hydrogen-bond donors (Lipinski definition) is 0. The van der Waals surface area contributed by atoms with Crippen LogP contribution in [0.3, 0.4) is 0 Å². The Morgan fingerprint density at radius 2 is 1.73 bits per heavy atom. The van der Waals surface area contributed by atoms with Crippen LogP contribution in [0.25, 0.3) is 10.9 Å². The van der Waals surface area contributed by atoms with Gasteiger partial charge in [-0.05, 0) is 73.7 Å². The number of carbonyl (C=O) groups excluding carboxylic acids is 2. The first-order valence-electron chi connectivity index (χ1n) is 15.7. The van der Waals surface area contributed by atoms with Gasteiger partial charge in [-0.15, -0.1) is 5.10 Å². The van der Waals surface area contributed by atoms with Crippen LogP contribution in [0.2, 0.25) is 25.7 Å². The summed E-state index contributed by atoms with van der Waals surface area (Å²) in [7, 11) is -1.51. The van der Waals surface area contributed by atoms with E-state index in [1.54, 1.807) is 24.3 Å². The first-order valence-corrected chi connectivity index (χ1v) is 19.4. The van der Waals surface area contributed by atoms with Crippen molar-refractivity contribution < 1.29 is 32.2 Å². The van der Waals surface area contributed by atoms with Crippen molar-refractivity contribution in [1.82, 2.24) is 15.0 Å². The molecule has 3 atom stereocenters. The number of unbranched alkanes of at least 4 members (excludes halogenated alkanes) is 3. The predicted molar refractivity (Wildman–Crippen MR) is 168 cm³/mol. The summed E-state index contributed by atoms with van der Waals surface area (Å²) in [6.45, 7) is 9.39. The number of ether oxygens (including phenoxy) is 2. The number of carbonyl (C=O) groups is 2. The predicted octanol–water partition coefficient (Wildman–Crippen LogP) is 7.18. The third kappa shape index (κ3) is 9.02. The number of alkyl halides is 3. The van der Waals surface area contributed by atoms with E-state index in [0.717, 1.165) is 54.6 Å². The van der Waals surface area contributed by atoms with Gasteiger partial charge in [0.25, 0.3) is 5.56 Å². The highest BCUT2D eigenvalue weighted by Gasteiger charge is 2.46. The number of esters is 1. The van der Waals surface area contributed by atoms with E-state index in [4.69, 9.17) is 9.47 Å². The molecule has 4 rings (SSSR count). The number of Topliss-reactive ketones (excluding diaryl/α,β-unsaturated/α-hetero) is 1. The first kappa shape index (κ1) is 34.3. The molecule has 244 valence electrons. The molecule has 12 heteroatoms. The molecule has 8 nitrogen and oxygen atoms in total. The van der Waals surface area contributed by atoms with Crippen LogP contribution in [0.4, 0.5) is 13.2 Å². The zero-order valence-electron chi connectivity index (χ0n) is 26.4. The Balaban J connectivity index is 1.55. The molecule has 45 heavy (non-hydrogen) atoms. The lowest BCUT2D eigenvalue weighted by molar-refractivity contribution is -0.150. The zero-order chi connectivity index (χ0) is 32.8. The Bertz CT molecular complexity index is 1540. The Morgan fingerprint density at radius 1 is 1.00 bits per heavy atom. The van der Waals surface area contributed by atoms with E-state index in [-0.39, 0.29) is 29.8 Å². The van der Waals surface area contributed by atoms with Crippen LogP contribution in [-0.2, 0) is 22.3 Å². The molecule has 2 aromatic carbocycles. The van der Waals surface area contributed by atoms with Gasteiger partial charge in [0, 0.05) is 19.6 Å². The van der Waals surface area contributed by atoms with E-state index in [9.17, 15) is 27.6 Å². The standard InChI is InChI=1S/C33H42F3N3O5Si/c1-5-6-7-8-17-43-25-13-9-22(10-14-25)30(40)26-15-11-23(29(26)32(42)44-18-19-45(2,3)4)21-39-31(41)27-20-24(33(34,35)36)12-16-28(27)37-38-39/h9-10,12-14,16,20,23,26,29H,5-8,11,15,17-19,21H2,1-4H3/t23-,26-,29-/m0/s1. The highest BCUT2D eigenvalue weighted by molar-refractivity contribution is 6.76. The number of nitrogens with zero attached hydrogens (tertiary/aromatic N) is 3. The molecule has 0 aliphatic heterocycles. The number of ketones is 1. The van der Waals surface area contributed by atoms with Gasteiger partial charge in [0.2, 0.25) is 0 Å². The minimum absolute atomic E-state index is 0.0411. The summed E-state index contributed by atoms with van der Waals surface area (Å²) in [4.78, 5) is 40.6. The fourth-order valence-corrected chi connectivity index (χ4v) is 6.45. The van der Waals surface area contributed by atoms with Crippen LogP contribution in [0.1, 0.15) is 61.4 Å². The van der Waals surface area contributed by atoms with Gasteiger partial charge >= 0.3 is 12.1 Å². The van der Waals surface area contributed by atoms with Crippen LogP contribution in [0.15, 0.2) is 47.3 Å². The summed E-state index contributed by atoms with van der Waals surface area (Å²) >= 11 is 0.